The lowest BCUT2D eigenvalue weighted by Gasteiger charge is -1.97. The lowest BCUT2D eigenvalue weighted by atomic mass is 10.3. The maximum atomic E-state index is 11.5. The van der Waals surface area contributed by atoms with Crippen LogP contribution in [0.2, 0.25) is 0 Å². The van der Waals surface area contributed by atoms with Gasteiger partial charge in [-0.1, -0.05) is 19.1 Å². The summed E-state index contributed by atoms with van der Waals surface area (Å²) in [6.07, 6.45) is 9.32. The van der Waals surface area contributed by atoms with Gasteiger partial charge in [0.05, 0.1) is 0 Å². The van der Waals surface area contributed by atoms with Crippen LogP contribution in [0.25, 0.3) is 6.08 Å². The molecule has 1 aliphatic rings. The number of hydrogen-bond donors (Lipinski definition) is 1. The molecule has 1 N–H and O–H groups in total. The summed E-state index contributed by atoms with van der Waals surface area (Å²) in [5.74, 6) is 3.02. The van der Waals surface area contributed by atoms with E-state index in [0.717, 1.165) is 23.9 Å². The average Bonchev–Trinajstić information content (AvgIpc) is 2.95. The van der Waals surface area contributed by atoms with E-state index in [9.17, 15) is 4.79 Å². The molecule has 3 nitrogen and oxygen atoms in total. The zero-order chi connectivity index (χ0) is 13.7. The van der Waals surface area contributed by atoms with Crippen molar-refractivity contribution in [1.29, 1.82) is 0 Å². The molecule has 1 aromatic rings. The molecule has 1 aliphatic carbocycles. The average molecular weight is 259 g/mol. The molecule has 2 unspecified atom stereocenters. The van der Waals surface area contributed by atoms with Gasteiger partial charge in [-0.15, -0.1) is 0 Å². The molecule has 0 aliphatic heterocycles. The van der Waals surface area contributed by atoms with Crippen LogP contribution >= 0.6 is 0 Å². The molecular formula is C16H21NO2. The van der Waals surface area contributed by atoms with Crippen molar-refractivity contribution < 1.29 is 9.21 Å². The maximum absolute atomic E-state index is 11.5. The molecule has 0 spiro atoms. The quantitative estimate of drug-likeness (QED) is 0.482. The van der Waals surface area contributed by atoms with Crippen LogP contribution in [0.4, 0.5) is 0 Å². The van der Waals surface area contributed by atoms with E-state index in [0.29, 0.717) is 12.5 Å². The van der Waals surface area contributed by atoms with E-state index in [1.165, 1.54) is 12.5 Å². The molecule has 2 rings (SSSR count). The normalized spacial score (nSPS) is 22.2. The van der Waals surface area contributed by atoms with Crippen LogP contribution in [-0.2, 0) is 4.79 Å². The Morgan fingerprint density at radius 2 is 2.32 bits per heavy atom. The van der Waals surface area contributed by atoms with Crippen molar-refractivity contribution in [2.45, 2.75) is 32.6 Å². The summed E-state index contributed by atoms with van der Waals surface area (Å²) in [5, 5.41) is 2.82. The molecule has 1 saturated carbocycles. The van der Waals surface area contributed by atoms with Crippen LogP contribution in [0, 0.1) is 5.92 Å². The van der Waals surface area contributed by atoms with Crippen molar-refractivity contribution in [3.63, 3.8) is 0 Å². The van der Waals surface area contributed by atoms with Crippen molar-refractivity contribution in [2.75, 3.05) is 6.54 Å². The second-order valence-corrected chi connectivity index (χ2v) is 5.04. The van der Waals surface area contributed by atoms with E-state index < -0.39 is 0 Å². The van der Waals surface area contributed by atoms with Gasteiger partial charge in [-0.3, -0.25) is 4.79 Å². The van der Waals surface area contributed by atoms with Gasteiger partial charge in [-0.25, -0.2) is 0 Å². The Morgan fingerprint density at radius 3 is 3.00 bits per heavy atom. The summed E-state index contributed by atoms with van der Waals surface area (Å²) in [6, 6.07) is 3.93. The summed E-state index contributed by atoms with van der Waals surface area (Å²) < 4.78 is 5.69. The minimum atomic E-state index is -0.0813. The fourth-order valence-corrected chi connectivity index (χ4v) is 2.04. The Hall–Kier alpha value is -1.77. The number of nitrogens with one attached hydrogen (secondary N) is 1. The van der Waals surface area contributed by atoms with Gasteiger partial charge in [0.15, 0.2) is 0 Å². The summed E-state index contributed by atoms with van der Waals surface area (Å²) >= 11 is 0. The molecule has 0 bridgehead atoms. The van der Waals surface area contributed by atoms with Crippen LogP contribution < -0.4 is 5.32 Å². The predicted molar refractivity (Wildman–Crippen MR) is 76.7 cm³/mol. The first-order valence-electron chi connectivity index (χ1n) is 6.87. The number of hydrogen-bond acceptors (Lipinski definition) is 2. The van der Waals surface area contributed by atoms with Gasteiger partial charge in [0.2, 0.25) is 5.91 Å². The van der Waals surface area contributed by atoms with Gasteiger partial charge in [0.25, 0.3) is 0 Å². The Labute approximate surface area is 114 Å². The molecule has 0 saturated heterocycles. The van der Waals surface area contributed by atoms with E-state index in [-0.39, 0.29) is 5.91 Å². The Balaban J connectivity index is 1.78. The van der Waals surface area contributed by atoms with Crippen LogP contribution in [0.1, 0.15) is 44.1 Å². The van der Waals surface area contributed by atoms with Crippen molar-refractivity contribution >= 4 is 12.0 Å². The number of carbonyl (C=O) groups is 1. The number of allylic oxidation sites excluding steroid dienone is 1. The maximum Gasteiger partial charge on any atom is 0.244 e. The van der Waals surface area contributed by atoms with Crippen LogP contribution in [-0.4, -0.2) is 12.5 Å². The van der Waals surface area contributed by atoms with Crippen molar-refractivity contribution in [1.82, 2.24) is 5.32 Å². The minimum absolute atomic E-state index is 0.0813. The Bertz CT molecular complexity index is 485. The third-order valence-electron chi connectivity index (χ3n) is 3.37. The van der Waals surface area contributed by atoms with Gasteiger partial charge >= 0.3 is 0 Å². The van der Waals surface area contributed by atoms with Crippen molar-refractivity contribution in [3.8, 4) is 0 Å². The smallest absolute Gasteiger partial charge is 0.244 e. The second kappa shape index (κ2) is 6.41. The monoisotopic (exact) mass is 259 g/mol. The van der Waals surface area contributed by atoms with E-state index in [1.807, 2.05) is 31.2 Å². The standard InChI is InChI=1S/C16H21NO2/c1-3-4-5-10-17-16(18)9-7-13-6-8-15(19-13)14-11-12(14)2/h3-4,6-9,12,14H,5,10-11H2,1-2H3,(H,17,18)/b4-3+,9-7+. The lowest BCUT2D eigenvalue weighted by Crippen LogP contribution is -2.21. The topological polar surface area (TPSA) is 42.2 Å². The molecule has 3 heteroatoms. The molecule has 1 fully saturated rings. The molecule has 1 amide bonds. The van der Waals surface area contributed by atoms with Crippen molar-refractivity contribution in [3.05, 3.63) is 41.9 Å². The zero-order valence-corrected chi connectivity index (χ0v) is 11.6. The van der Waals surface area contributed by atoms with Gasteiger partial charge in [-0.05, 0) is 43.9 Å². The number of amides is 1. The highest BCUT2D eigenvalue weighted by atomic mass is 16.3. The molecule has 0 radical (unpaired) electrons. The molecule has 19 heavy (non-hydrogen) atoms. The van der Waals surface area contributed by atoms with E-state index in [2.05, 4.69) is 12.2 Å². The van der Waals surface area contributed by atoms with E-state index in [1.54, 1.807) is 6.08 Å². The number of carbonyl (C=O) groups excluding carboxylic acids is 1. The Morgan fingerprint density at radius 1 is 1.53 bits per heavy atom. The first kappa shape index (κ1) is 13.7. The Kier molecular flexibility index (Phi) is 4.61. The van der Waals surface area contributed by atoms with E-state index >= 15 is 0 Å². The molecule has 0 aromatic carbocycles. The molecule has 102 valence electrons. The summed E-state index contributed by atoms with van der Waals surface area (Å²) in [6.45, 7) is 4.86. The van der Waals surface area contributed by atoms with Crippen LogP contribution in [0.3, 0.4) is 0 Å². The van der Waals surface area contributed by atoms with Gasteiger partial charge < -0.3 is 9.73 Å². The second-order valence-electron chi connectivity index (χ2n) is 5.04. The van der Waals surface area contributed by atoms with Gasteiger partial charge in [0, 0.05) is 18.5 Å². The molecule has 1 heterocycles. The zero-order valence-electron chi connectivity index (χ0n) is 11.6. The van der Waals surface area contributed by atoms with Gasteiger partial charge in [0.1, 0.15) is 11.5 Å². The summed E-state index contributed by atoms with van der Waals surface area (Å²) in [5.41, 5.74) is 0. The highest BCUT2D eigenvalue weighted by Gasteiger charge is 2.36. The highest BCUT2D eigenvalue weighted by molar-refractivity contribution is 5.91. The first-order chi connectivity index (χ1) is 9.20. The predicted octanol–water partition coefficient (Wildman–Crippen LogP) is 3.50. The minimum Gasteiger partial charge on any atom is -0.461 e. The fraction of sp³-hybridized carbons (Fsp3) is 0.438. The fourth-order valence-electron chi connectivity index (χ4n) is 2.04. The summed E-state index contributed by atoms with van der Waals surface area (Å²) in [7, 11) is 0. The number of rotatable bonds is 6. The SMILES string of the molecule is C/C=C/CCNC(=O)/C=C/c1ccc(C2CC2C)o1. The van der Waals surface area contributed by atoms with Crippen LogP contribution in [0.5, 0.6) is 0 Å². The van der Waals surface area contributed by atoms with E-state index in [4.69, 9.17) is 4.42 Å². The molecular weight excluding hydrogens is 238 g/mol. The summed E-state index contributed by atoms with van der Waals surface area (Å²) in [4.78, 5) is 11.5. The highest BCUT2D eigenvalue weighted by Crippen LogP contribution is 2.47. The third kappa shape index (κ3) is 4.12. The first-order valence-corrected chi connectivity index (χ1v) is 6.87. The third-order valence-corrected chi connectivity index (χ3v) is 3.37. The van der Waals surface area contributed by atoms with Crippen LogP contribution in [0.15, 0.2) is 34.8 Å². The lowest BCUT2D eigenvalue weighted by molar-refractivity contribution is -0.116. The molecule has 1 aromatic heterocycles. The van der Waals surface area contributed by atoms with Gasteiger partial charge in [-0.2, -0.15) is 0 Å². The van der Waals surface area contributed by atoms with Crippen molar-refractivity contribution in [2.24, 2.45) is 5.92 Å². The largest absolute Gasteiger partial charge is 0.461 e. The molecule has 2 atom stereocenters. The number of furan rings is 1.